The Morgan fingerprint density at radius 1 is 1.33 bits per heavy atom. The number of nitrogens with zero attached hydrogens (tertiary/aromatic N) is 1. The van der Waals surface area contributed by atoms with Gasteiger partial charge in [-0.25, -0.2) is 4.39 Å². The van der Waals surface area contributed by atoms with Gasteiger partial charge in [-0.3, -0.25) is 5.10 Å². The summed E-state index contributed by atoms with van der Waals surface area (Å²) < 4.78 is 51.6. The third-order valence-corrected chi connectivity index (χ3v) is 2.96. The van der Waals surface area contributed by atoms with Crippen LogP contribution in [0.25, 0.3) is 0 Å². The first-order valence-corrected chi connectivity index (χ1v) is 4.45. The first kappa shape index (κ1) is 10.3. The van der Waals surface area contributed by atoms with Gasteiger partial charge in [0.2, 0.25) is 0 Å². The van der Waals surface area contributed by atoms with Crippen LogP contribution >= 0.6 is 0 Å². The molecule has 84 valence electrons. The molecule has 1 heterocycles. The molecule has 0 bridgehead atoms. The average molecular weight is 223 g/mol. The maximum atomic E-state index is 13.3. The Morgan fingerprint density at radius 3 is 2.20 bits per heavy atom. The zero-order valence-electron chi connectivity index (χ0n) is 7.66. The van der Waals surface area contributed by atoms with Crippen LogP contribution in [0, 0.1) is 5.82 Å². The lowest BCUT2D eigenvalue weighted by Gasteiger charge is -2.42. The van der Waals surface area contributed by atoms with Crippen LogP contribution in [0.3, 0.4) is 0 Å². The number of aromatic amines is 1. The van der Waals surface area contributed by atoms with E-state index < -0.39 is 28.9 Å². The topological polar surface area (TPSA) is 54.7 Å². The lowest BCUT2D eigenvalue weighted by Crippen LogP contribution is -2.48. The molecule has 0 aromatic carbocycles. The van der Waals surface area contributed by atoms with E-state index in [0.29, 0.717) is 6.42 Å². The highest BCUT2D eigenvalue weighted by molar-refractivity contribution is 5.37. The maximum Gasteiger partial charge on any atom is 0.400 e. The zero-order chi connectivity index (χ0) is 11.3. The molecule has 0 radical (unpaired) electrons. The van der Waals surface area contributed by atoms with Crippen LogP contribution in [0.5, 0.6) is 0 Å². The molecule has 1 fully saturated rings. The van der Waals surface area contributed by atoms with Gasteiger partial charge in [-0.15, -0.1) is 0 Å². The normalized spacial score (nSPS) is 20.0. The fourth-order valence-electron chi connectivity index (χ4n) is 1.86. The summed E-state index contributed by atoms with van der Waals surface area (Å²) in [4.78, 5) is 0. The largest absolute Gasteiger partial charge is 0.400 e. The van der Waals surface area contributed by atoms with E-state index in [4.69, 9.17) is 5.73 Å². The maximum absolute atomic E-state index is 13.3. The molecule has 0 spiro atoms. The quantitative estimate of drug-likeness (QED) is 0.716. The summed E-state index contributed by atoms with van der Waals surface area (Å²) in [5.74, 6) is -1.59. The Bertz CT molecular complexity index is 378. The fourth-order valence-corrected chi connectivity index (χ4v) is 1.86. The minimum atomic E-state index is -4.47. The van der Waals surface area contributed by atoms with Crippen LogP contribution in [-0.4, -0.2) is 16.4 Å². The molecule has 0 unspecified atom stereocenters. The van der Waals surface area contributed by atoms with Gasteiger partial charge in [0, 0.05) is 0 Å². The highest BCUT2D eigenvalue weighted by Crippen LogP contribution is 2.54. The summed E-state index contributed by atoms with van der Waals surface area (Å²) in [6.45, 7) is 0. The van der Waals surface area contributed by atoms with Crippen molar-refractivity contribution in [2.45, 2.75) is 30.9 Å². The Kier molecular flexibility index (Phi) is 1.96. The molecule has 7 heteroatoms. The number of H-pyrrole nitrogens is 1. The van der Waals surface area contributed by atoms with Crippen LogP contribution in [0.15, 0.2) is 0 Å². The summed E-state index contributed by atoms with van der Waals surface area (Å²) in [6, 6.07) is 0. The molecule has 0 aliphatic heterocycles. The first-order chi connectivity index (χ1) is 6.88. The van der Waals surface area contributed by atoms with Gasteiger partial charge in [-0.05, 0) is 12.8 Å². The summed E-state index contributed by atoms with van der Waals surface area (Å²) in [5.41, 5.74) is 2.44. The molecule has 1 aliphatic rings. The van der Waals surface area contributed by atoms with E-state index in [9.17, 15) is 17.6 Å². The molecule has 1 saturated carbocycles. The molecule has 3 N–H and O–H groups in total. The number of nitrogens with two attached hydrogens (primary N) is 1. The summed E-state index contributed by atoms with van der Waals surface area (Å²) in [5, 5.41) is 5.31. The van der Waals surface area contributed by atoms with Crippen molar-refractivity contribution in [2.75, 3.05) is 5.73 Å². The van der Waals surface area contributed by atoms with E-state index >= 15 is 0 Å². The molecule has 0 amide bonds. The highest BCUT2D eigenvalue weighted by Gasteiger charge is 2.61. The molecule has 2 rings (SSSR count). The zero-order valence-corrected chi connectivity index (χ0v) is 7.66. The fraction of sp³-hybridized carbons (Fsp3) is 0.625. The van der Waals surface area contributed by atoms with Gasteiger partial charge in [0.25, 0.3) is 0 Å². The molecular weight excluding hydrogens is 214 g/mol. The smallest absolute Gasteiger partial charge is 0.380 e. The van der Waals surface area contributed by atoms with E-state index in [0.717, 1.165) is 0 Å². The number of halogens is 4. The van der Waals surface area contributed by atoms with Crippen molar-refractivity contribution >= 4 is 5.82 Å². The number of nitrogen functional groups attached to an aromatic ring is 1. The molecule has 0 saturated heterocycles. The SMILES string of the molecule is Nc1n[nH]c(C2(C(F)(F)F)CCC2)c1F. The van der Waals surface area contributed by atoms with Gasteiger partial charge in [0.05, 0.1) is 5.69 Å². The van der Waals surface area contributed by atoms with Crippen LogP contribution in [-0.2, 0) is 5.41 Å². The minimum Gasteiger partial charge on any atom is -0.380 e. The summed E-state index contributed by atoms with van der Waals surface area (Å²) in [7, 11) is 0. The van der Waals surface area contributed by atoms with Gasteiger partial charge < -0.3 is 5.73 Å². The average Bonchev–Trinajstić information content (AvgIpc) is 2.31. The number of hydrogen-bond donors (Lipinski definition) is 2. The number of hydrogen-bond acceptors (Lipinski definition) is 2. The first-order valence-electron chi connectivity index (χ1n) is 4.45. The van der Waals surface area contributed by atoms with E-state index in [2.05, 4.69) is 10.2 Å². The van der Waals surface area contributed by atoms with Crippen molar-refractivity contribution in [3.8, 4) is 0 Å². The monoisotopic (exact) mass is 223 g/mol. The van der Waals surface area contributed by atoms with Crippen LogP contribution in [0.1, 0.15) is 25.0 Å². The molecule has 1 aliphatic carbocycles. The minimum absolute atomic E-state index is 0.116. The second-order valence-corrected chi connectivity index (χ2v) is 3.73. The second-order valence-electron chi connectivity index (χ2n) is 3.73. The predicted octanol–water partition coefficient (Wildman–Crippen LogP) is 2.11. The van der Waals surface area contributed by atoms with Crippen LogP contribution < -0.4 is 5.73 Å². The number of nitrogens with one attached hydrogen (secondary N) is 1. The Morgan fingerprint density at radius 2 is 1.93 bits per heavy atom. The Hall–Kier alpha value is -1.27. The Labute approximate surface area is 82.6 Å². The third-order valence-electron chi connectivity index (χ3n) is 2.96. The number of anilines is 1. The molecule has 1 aromatic rings. The van der Waals surface area contributed by atoms with Crippen molar-refractivity contribution in [3.05, 3.63) is 11.5 Å². The summed E-state index contributed by atoms with van der Waals surface area (Å²) >= 11 is 0. The van der Waals surface area contributed by atoms with Gasteiger partial charge in [0.15, 0.2) is 11.6 Å². The van der Waals surface area contributed by atoms with Crippen molar-refractivity contribution < 1.29 is 17.6 Å². The number of alkyl halides is 3. The highest BCUT2D eigenvalue weighted by atomic mass is 19.4. The number of rotatable bonds is 1. The van der Waals surface area contributed by atoms with Gasteiger partial charge >= 0.3 is 6.18 Å². The lowest BCUT2D eigenvalue weighted by molar-refractivity contribution is -0.214. The van der Waals surface area contributed by atoms with E-state index in [1.54, 1.807) is 0 Å². The Balaban J connectivity index is 2.48. The lowest BCUT2D eigenvalue weighted by atomic mass is 9.66. The van der Waals surface area contributed by atoms with E-state index in [-0.39, 0.29) is 12.8 Å². The van der Waals surface area contributed by atoms with Crippen molar-refractivity contribution in [1.82, 2.24) is 10.2 Å². The van der Waals surface area contributed by atoms with Crippen LogP contribution in [0.4, 0.5) is 23.4 Å². The molecule has 15 heavy (non-hydrogen) atoms. The van der Waals surface area contributed by atoms with E-state index in [1.165, 1.54) is 0 Å². The van der Waals surface area contributed by atoms with Crippen molar-refractivity contribution in [2.24, 2.45) is 0 Å². The van der Waals surface area contributed by atoms with Gasteiger partial charge in [-0.1, -0.05) is 6.42 Å². The molecular formula is C8H9F4N3. The van der Waals surface area contributed by atoms with Crippen molar-refractivity contribution in [1.29, 1.82) is 0 Å². The van der Waals surface area contributed by atoms with Crippen LogP contribution in [0.2, 0.25) is 0 Å². The second kappa shape index (κ2) is 2.86. The third kappa shape index (κ3) is 1.22. The molecule has 0 atom stereocenters. The molecule has 1 aromatic heterocycles. The number of aromatic nitrogens is 2. The standard InChI is InChI=1S/C8H9F4N3/c9-4-5(14-15-6(4)13)7(2-1-3-7)8(10,11)12/h1-3H2,(H3,13,14,15). The predicted molar refractivity (Wildman–Crippen MR) is 44.5 cm³/mol. The van der Waals surface area contributed by atoms with Gasteiger partial charge in [-0.2, -0.15) is 18.3 Å². The van der Waals surface area contributed by atoms with E-state index in [1.807, 2.05) is 0 Å². The summed E-state index contributed by atoms with van der Waals surface area (Å²) in [6.07, 6.45) is -4.27. The van der Waals surface area contributed by atoms with Gasteiger partial charge in [0.1, 0.15) is 5.41 Å². The van der Waals surface area contributed by atoms with Crippen molar-refractivity contribution in [3.63, 3.8) is 0 Å². The molecule has 3 nitrogen and oxygen atoms in total.